The fourth-order valence-electron chi connectivity index (χ4n) is 2.86. The Labute approximate surface area is 105 Å². The van der Waals surface area contributed by atoms with Crippen LogP contribution in [-0.2, 0) is 6.42 Å². The number of rotatable bonds is 0. The summed E-state index contributed by atoms with van der Waals surface area (Å²) in [5, 5.41) is 4.27. The lowest BCUT2D eigenvalue weighted by Crippen LogP contribution is -2.26. The van der Waals surface area contributed by atoms with Crippen LogP contribution in [0.2, 0.25) is 0 Å². The largest absolute Gasteiger partial charge is 0.380 e. The molecule has 0 saturated carbocycles. The van der Waals surface area contributed by atoms with Crippen molar-refractivity contribution in [3.63, 3.8) is 0 Å². The van der Waals surface area contributed by atoms with Crippen molar-refractivity contribution < 1.29 is 0 Å². The average molecular weight is 239 g/mol. The van der Waals surface area contributed by atoms with Crippen LogP contribution in [0.3, 0.4) is 0 Å². The maximum Gasteiger partial charge on any atom is 0.0552 e. The topological polar surface area (TPSA) is 12.0 Å². The molecular weight excluding hydrogens is 226 g/mol. The Morgan fingerprint density at radius 1 is 1.00 bits per heavy atom. The monoisotopic (exact) mass is 239 g/mol. The van der Waals surface area contributed by atoms with Gasteiger partial charge in [0, 0.05) is 16.6 Å². The number of nitrogens with one attached hydrogen (secondary N) is 1. The van der Waals surface area contributed by atoms with Gasteiger partial charge < -0.3 is 5.32 Å². The Bertz CT molecular complexity index is 573. The van der Waals surface area contributed by atoms with E-state index in [1.807, 2.05) is 11.8 Å². The van der Waals surface area contributed by atoms with Crippen LogP contribution in [0.4, 0.5) is 5.69 Å². The second-order valence-electron chi connectivity index (χ2n) is 4.69. The number of hydrogen-bond acceptors (Lipinski definition) is 2. The number of para-hydroxylation sites is 1. The minimum absolute atomic E-state index is 0.562. The minimum Gasteiger partial charge on any atom is -0.380 e. The van der Waals surface area contributed by atoms with E-state index in [1.54, 1.807) is 0 Å². The molecule has 0 spiro atoms. The summed E-state index contributed by atoms with van der Waals surface area (Å²) in [7, 11) is 0. The maximum atomic E-state index is 3.68. The summed E-state index contributed by atoms with van der Waals surface area (Å²) >= 11 is 2.01. The van der Waals surface area contributed by atoms with Crippen LogP contribution in [0.5, 0.6) is 0 Å². The molecule has 2 aromatic carbocycles. The molecule has 1 aliphatic carbocycles. The van der Waals surface area contributed by atoms with Crippen LogP contribution in [0.25, 0.3) is 0 Å². The summed E-state index contributed by atoms with van der Waals surface area (Å²) in [6.07, 6.45) is 1.15. The lowest BCUT2D eigenvalue weighted by Gasteiger charge is -2.29. The van der Waals surface area contributed by atoms with Gasteiger partial charge >= 0.3 is 0 Å². The fourth-order valence-corrected chi connectivity index (χ4v) is 4.23. The van der Waals surface area contributed by atoms with E-state index in [1.165, 1.54) is 21.7 Å². The molecule has 2 heteroatoms. The number of thioether (sulfide) groups is 1. The molecule has 0 amide bonds. The minimum atomic E-state index is 0.562. The molecular formula is C15H13NS. The van der Waals surface area contributed by atoms with E-state index in [4.69, 9.17) is 0 Å². The molecule has 17 heavy (non-hydrogen) atoms. The van der Waals surface area contributed by atoms with E-state index in [0.717, 1.165) is 6.42 Å². The molecule has 1 aliphatic heterocycles. The average Bonchev–Trinajstić information content (AvgIpc) is 2.73. The number of hydrogen-bond donors (Lipinski definition) is 1. The predicted molar refractivity (Wildman–Crippen MR) is 72.6 cm³/mol. The van der Waals surface area contributed by atoms with Gasteiger partial charge in [0.1, 0.15) is 0 Å². The Morgan fingerprint density at radius 3 is 2.82 bits per heavy atom. The van der Waals surface area contributed by atoms with Crippen molar-refractivity contribution in [3.05, 3.63) is 59.7 Å². The molecule has 1 heterocycles. The highest BCUT2D eigenvalue weighted by molar-refractivity contribution is 7.99. The van der Waals surface area contributed by atoms with Crippen molar-refractivity contribution in [1.82, 2.24) is 0 Å². The van der Waals surface area contributed by atoms with Crippen molar-refractivity contribution in [3.8, 4) is 0 Å². The molecule has 84 valence electrons. The summed E-state index contributed by atoms with van der Waals surface area (Å²) in [5.74, 6) is 0. The summed E-state index contributed by atoms with van der Waals surface area (Å²) in [6, 6.07) is 18.0. The van der Waals surface area contributed by atoms with E-state index in [2.05, 4.69) is 53.8 Å². The van der Waals surface area contributed by atoms with Crippen LogP contribution in [-0.4, -0.2) is 6.04 Å². The molecule has 0 aromatic heterocycles. The molecule has 0 fully saturated rings. The molecule has 2 aliphatic rings. The Balaban J connectivity index is 1.79. The number of fused-ring (bicyclic) bond motifs is 4. The van der Waals surface area contributed by atoms with Gasteiger partial charge in [-0.15, -0.1) is 11.8 Å². The highest BCUT2D eigenvalue weighted by Gasteiger charge is 2.36. The Kier molecular flexibility index (Phi) is 2.00. The smallest absolute Gasteiger partial charge is 0.0552 e. The molecule has 1 N–H and O–H groups in total. The van der Waals surface area contributed by atoms with Gasteiger partial charge in [0.2, 0.25) is 0 Å². The van der Waals surface area contributed by atoms with Crippen molar-refractivity contribution in [1.29, 1.82) is 0 Å². The van der Waals surface area contributed by atoms with Gasteiger partial charge in [0.15, 0.2) is 0 Å². The van der Waals surface area contributed by atoms with E-state index in [0.29, 0.717) is 11.3 Å². The van der Waals surface area contributed by atoms with Gasteiger partial charge in [-0.05, 0) is 29.7 Å². The first-order valence-electron chi connectivity index (χ1n) is 6.02. The van der Waals surface area contributed by atoms with E-state index < -0.39 is 0 Å². The summed E-state index contributed by atoms with van der Waals surface area (Å²) in [5.41, 5.74) is 4.33. The zero-order valence-electron chi connectivity index (χ0n) is 9.39. The summed E-state index contributed by atoms with van der Waals surface area (Å²) in [6.45, 7) is 0. The molecule has 2 unspecified atom stereocenters. The fraction of sp³-hybridized carbons (Fsp3) is 0.200. The second-order valence-corrected chi connectivity index (χ2v) is 5.87. The Hall–Kier alpha value is -1.41. The lowest BCUT2D eigenvalue weighted by molar-refractivity contribution is 0.747. The van der Waals surface area contributed by atoms with Gasteiger partial charge in [0.05, 0.1) is 5.25 Å². The molecule has 0 bridgehead atoms. The van der Waals surface area contributed by atoms with Gasteiger partial charge in [-0.1, -0.05) is 36.4 Å². The highest BCUT2D eigenvalue weighted by Crippen LogP contribution is 2.50. The number of benzene rings is 2. The summed E-state index contributed by atoms with van der Waals surface area (Å²) in [4.78, 5) is 1.38. The van der Waals surface area contributed by atoms with Gasteiger partial charge in [-0.2, -0.15) is 0 Å². The lowest BCUT2D eigenvalue weighted by atomic mass is 10.1. The van der Waals surface area contributed by atoms with Crippen LogP contribution in [0.15, 0.2) is 53.4 Å². The first-order chi connectivity index (χ1) is 8.42. The first-order valence-corrected chi connectivity index (χ1v) is 6.90. The maximum absolute atomic E-state index is 3.68. The van der Waals surface area contributed by atoms with Crippen LogP contribution in [0, 0.1) is 0 Å². The van der Waals surface area contributed by atoms with Crippen molar-refractivity contribution in [2.75, 3.05) is 5.32 Å². The predicted octanol–water partition coefficient (Wildman–Crippen LogP) is 3.87. The van der Waals surface area contributed by atoms with Crippen LogP contribution < -0.4 is 5.32 Å². The van der Waals surface area contributed by atoms with Crippen LogP contribution in [0.1, 0.15) is 16.4 Å². The Morgan fingerprint density at radius 2 is 1.82 bits per heavy atom. The molecule has 2 aromatic rings. The zero-order chi connectivity index (χ0) is 11.2. The van der Waals surface area contributed by atoms with Gasteiger partial charge in [0.25, 0.3) is 0 Å². The van der Waals surface area contributed by atoms with Crippen molar-refractivity contribution in [2.45, 2.75) is 22.6 Å². The normalized spacial score (nSPS) is 24.5. The second kappa shape index (κ2) is 3.54. The van der Waals surface area contributed by atoms with E-state index in [9.17, 15) is 0 Å². The highest BCUT2D eigenvalue weighted by atomic mass is 32.2. The van der Waals surface area contributed by atoms with Crippen molar-refractivity contribution in [2.24, 2.45) is 0 Å². The zero-order valence-corrected chi connectivity index (χ0v) is 10.2. The third-order valence-corrected chi connectivity index (χ3v) is 5.10. The molecule has 4 rings (SSSR count). The molecule has 1 nitrogen and oxygen atoms in total. The van der Waals surface area contributed by atoms with E-state index >= 15 is 0 Å². The van der Waals surface area contributed by atoms with Gasteiger partial charge in [-0.3, -0.25) is 0 Å². The van der Waals surface area contributed by atoms with E-state index in [-0.39, 0.29) is 0 Å². The third kappa shape index (κ3) is 1.40. The summed E-state index contributed by atoms with van der Waals surface area (Å²) < 4.78 is 0. The molecule has 0 saturated heterocycles. The number of anilines is 1. The van der Waals surface area contributed by atoms with Crippen molar-refractivity contribution >= 4 is 17.4 Å². The van der Waals surface area contributed by atoms with Gasteiger partial charge in [-0.25, -0.2) is 0 Å². The molecule has 0 radical (unpaired) electrons. The molecule has 2 atom stereocenters. The third-order valence-electron chi connectivity index (χ3n) is 3.65. The standard InChI is InChI=1S/C15H13NS/c1-2-6-11-10(5-1)9-13-15(11)17-14-8-4-3-7-12(14)16-13/h1-8,13,15-16H,9H2. The first kappa shape index (κ1) is 9.60. The SMILES string of the molecule is c1ccc2c(c1)CC1Nc3ccccc3SC21. The van der Waals surface area contributed by atoms with Crippen LogP contribution >= 0.6 is 11.8 Å². The quantitative estimate of drug-likeness (QED) is 0.749.